The molecule has 5 heteroatoms. The smallest absolute Gasteiger partial charge is 0.318 e. The second-order valence-corrected chi connectivity index (χ2v) is 2.78. The zero-order chi connectivity index (χ0) is 10.6. The van der Waals surface area contributed by atoms with Gasteiger partial charge in [-0.15, -0.1) is 0 Å². The van der Waals surface area contributed by atoms with E-state index in [1.807, 2.05) is 0 Å². The summed E-state index contributed by atoms with van der Waals surface area (Å²) in [5.74, 6) is 0.986. The SMILES string of the molecule is COc1cccc(NC(=O)Cl)c1OC. The number of amides is 1. The zero-order valence-electron chi connectivity index (χ0n) is 7.83. The highest BCUT2D eigenvalue weighted by Gasteiger charge is 2.10. The molecular formula is C9H10ClNO3. The highest BCUT2D eigenvalue weighted by Crippen LogP contribution is 2.34. The van der Waals surface area contributed by atoms with Gasteiger partial charge in [-0.2, -0.15) is 0 Å². The first-order valence-corrected chi connectivity index (χ1v) is 4.24. The standard InChI is InChI=1S/C9H10ClNO3/c1-13-7-5-3-4-6(8(7)14-2)11-9(10)12/h3-5H,1-2H3,(H,11,12). The van der Waals surface area contributed by atoms with Gasteiger partial charge in [0.15, 0.2) is 11.5 Å². The van der Waals surface area contributed by atoms with E-state index in [2.05, 4.69) is 5.32 Å². The number of methoxy groups -OCH3 is 2. The Balaban J connectivity index is 3.08. The fourth-order valence-corrected chi connectivity index (χ4v) is 1.19. The number of halogens is 1. The molecule has 1 aromatic rings. The molecule has 0 aliphatic carbocycles. The van der Waals surface area contributed by atoms with Crippen molar-refractivity contribution in [1.29, 1.82) is 0 Å². The monoisotopic (exact) mass is 215 g/mol. The van der Waals surface area contributed by atoms with Crippen molar-refractivity contribution in [2.45, 2.75) is 0 Å². The fraction of sp³-hybridized carbons (Fsp3) is 0.222. The molecule has 1 amide bonds. The van der Waals surface area contributed by atoms with Gasteiger partial charge < -0.3 is 14.8 Å². The van der Waals surface area contributed by atoms with Crippen LogP contribution in [0.2, 0.25) is 0 Å². The molecule has 1 N–H and O–H groups in total. The number of hydrogen-bond acceptors (Lipinski definition) is 3. The largest absolute Gasteiger partial charge is 0.493 e. The lowest BCUT2D eigenvalue weighted by molar-refractivity contribution is 0.268. The van der Waals surface area contributed by atoms with Crippen LogP contribution in [0, 0.1) is 0 Å². The molecule has 0 aliphatic heterocycles. The number of anilines is 1. The number of nitrogens with one attached hydrogen (secondary N) is 1. The summed E-state index contributed by atoms with van der Waals surface area (Å²) in [7, 11) is 3.01. The Morgan fingerprint density at radius 2 is 2.07 bits per heavy atom. The third kappa shape index (κ3) is 2.29. The number of benzene rings is 1. The number of carbonyl (C=O) groups excluding carboxylic acids is 1. The quantitative estimate of drug-likeness (QED) is 0.623. The fourth-order valence-electron chi connectivity index (χ4n) is 1.09. The topological polar surface area (TPSA) is 47.6 Å². The van der Waals surface area contributed by atoms with Gasteiger partial charge in [0.2, 0.25) is 0 Å². The minimum Gasteiger partial charge on any atom is -0.493 e. The van der Waals surface area contributed by atoms with Gasteiger partial charge in [-0.05, 0) is 23.7 Å². The minimum absolute atomic E-state index is 0.448. The molecule has 14 heavy (non-hydrogen) atoms. The van der Waals surface area contributed by atoms with Crippen LogP contribution >= 0.6 is 11.6 Å². The van der Waals surface area contributed by atoms with E-state index in [1.165, 1.54) is 14.2 Å². The van der Waals surface area contributed by atoms with E-state index in [0.717, 1.165) is 0 Å². The molecule has 0 unspecified atom stereocenters. The summed E-state index contributed by atoms with van der Waals surface area (Å²) in [4.78, 5) is 10.6. The molecule has 0 bridgehead atoms. The van der Waals surface area contributed by atoms with Crippen LogP contribution < -0.4 is 14.8 Å². The number of carbonyl (C=O) groups is 1. The van der Waals surface area contributed by atoms with Gasteiger partial charge in [-0.25, -0.2) is 0 Å². The molecule has 1 rings (SSSR count). The summed E-state index contributed by atoms with van der Waals surface area (Å²) < 4.78 is 10.1. The van der Waals surface area contributed by atoms with Gasteiger partial charge in [0.25, 0.3) is 0 Å². The van der Waals surface area contributed by atoms with Crippen molar-refractivity contribution in [3.63, 3.8) is 0 Å². The van der Waals surface area contributed by atoms with E-state index in [0.29, 0.717) is 17.2 Å². The average molecular weight is 216 g/mol. The average Bonchev–Trinajstić information content (AvgIpc) is 2.16. The second-order valence-electron chi connectivity index (χ2n) is 2.44. The van der Waals surface area contributed by atoms with Crippen molar-refractivity contribution >= 4 is 22.7 Å². The minimum atomic E-state index is -0.670. The van der Waals surface area contributed by atoms with E-state index >= 15 is 0 Å². The normalized spacial score (nSPS) is 9.36. The Kier molecular flexibility index (Phi) is 3.59. The first-order valence-electron chi connectivity index (χ1n) is 3.86. The zero-order valence-corrected chi connectivity index (χ0v) is 8.59. The first kappa shape index (κ1) is 10.7. The van der Waals surface area contributed by atoms with Crippen molar-refractivity contribution in [2.24, 2.45) is 0 Å². The van der Waals surface area contributed by atoms with Crippen molar-refractivity contribution in [3.05, 3.63) is 18.2 Å². The van der Waals surface area contributed by atoms with E-state index in [-0.39, 0.29) is 0 Å². The number of hydrogen-bond donors (Lipinski definition) is 1. The number of rotatable bonds is 3. The summed E-state index contributed by atoms with van der Waals surface area (Å²) in [6.45, 7) is 0. The molecule has 1 aromatic carbocycles. The molecule has 0 saturated carbocycles. The molecule has 0 fully saturated rings. The second kappa shape index (κ2) is 4.72. The summed E-state index contributed by atoms with van der Waals surface area (Å²) in [6, 6.07) is 5.12. The predicted molar refractivity (Wildman–Crippen MR) is 54.4 cm³/mol. The van der Waals surface area contributed by atoms with Crippen molar-refractivity contribution in [3.8, 4) is 11.5 Å². The van der Waals surface area contributed by atoms with E-state index < -0.39 is 5.37 Å². The van der Waals surface area contributed by atoms with Crippen LogP contribution in [0.5, 0.6) is 11.5 Å². The van der Waals surface area contributed by atoms with Gasteiger partial charge in [-0.3, -0.25) is 4.79 Å². The molecule has 76 valence electrons. The molecule has 0 atom stereocenters. The van der Waals surface area contributed by atoms with Crippen LogP contribution in [0.4, 0.5) is 10.5 Å². The Morgan fingerprint density at radius 1 is 1.36 bits per heavy atom. The van der Waals surface area contributed by atoms with Crippen LogP contribution in [0.3, 0.4) is 0 Å². The van der Waals surface area contributed by atoms with Crippen LogP contribution in [-0.4, -0.2) is 19.6 Å². The van der Waals surface area contributed by atoms with Crippen LogP contribution in [0.25, 0.3) is 0 Å². The van der Waals surface area contributed by atoms with Crippen molar-refractivity contribution in [2.75, 3.05) is 19.5 Å². The Hall–Kier alpha value is -1.42. The maximum absolute atomic E-state index is 10.6. The molecular weight excluding hydrogens is 206 g/mol. The lowest BCUT2D eigenvalue weighted by atomic mass is 10.2. The summed E-state index contributed by atoms with van der Waals surface area (Å²) >= 11 is 5.19. The Bertz CT molecular complexity index is 341. The maximum Gasteiger partial charge on any atom is 0.318 e. The first-order chi connectivity index (χ1) is 6.69. The molecule has 0 heterocycles. The Labute approximate surface area is 86.8 Å². The number of para-hydroxylation sites is 1. The lowest BCUT2D eigenvalue weighted by Crippen LogP contribution is -2.03. The summed E-state index contributed by atoms with van der Waals surface area (Å²) in [6.07, 6.45) is 0. The van der Waals surface area contributed by atoms with E-state index in [1.54, 1.807) is 18.2 Å². The van der Waals surface area contributed by atoms with Crippen molar-refractivity contribution in [1.82, 2.24) is 0 Å². The maximum atomic E-state index is 10.6. The van der Waals surface area contributed by atoms with Crippen LogP contribution in [-0.2, 0) is 0 Å². The summed E-state index contributed by atoms with van der Waals surface area (Å²) in [5, 5.41) is 1.75. The van der Waals surface area contributed by atoms with Gasteiger partial charge in [0, 0.05) is 0 Å². The highest BCUT2D eigenvalue weighted by atomic mass is 35.5. The van der Waals surface area contributed by atoms with E-state index in [9.17, 15) is 4.79 Å². The molecule has 0 aromatic heterocycles. The van der Waals surface area contributed by atoms with Gasteiger partial charge in [0.1, 0.15) is 0 Å². The molecule has 0 aliphatic rings. The highest BCUT2D eigenvalue weighted by molar-refractivity contribution is 6.65. The van der Waals surface area contributed by atoms with Crippen LogP contribution in [0.1, 0.15) is 0 Å². The third-order valence-corrected chi connectivity index (χ3v) is 1.73. The molecule has 0 radical (unpaired) electrons. The van der Waals surface area contributed by atoms with Crippen molar-refractivity contribution < 1.29 is 14.3 Å². The molecule has 0 spiro atoms. The van der Waals surface area contributed by atoms with Gasteiger partial charge in [-0.1, -0.05) is 6.07 Å². The van der Waals surface area contributed by atoms with Gasteiger partial charge in [0.05, 0.1) is 19.9 Å². The predicted octanol–water partition coefficient (Wildman–Crippen LogP) is 2.47. The number of ether oxygens (including phenoxy) is 2. The lowest BCUT2D eigenvalue weighted by Gasteiger charge is -2.11. The van der Waals surface area contributed by atoms with E-state index in [4.69, 9.17) is 21.1 Å². The van der Waals surface area contributed by atoms with Crippen LogP contribution in [0.15, 0.2) is 18.2 Å². The van der Waals surface area contributed by atoms with Gasteiger partial charge >= 0.3 is 5.37 Å². The third-order valence-electron chi connectivity index (χ3n) is 1.64. The summed E-state index contributed by atoms with van der Waals surface area (Å²) in [5.41, 5.74) is 0.479. The molecule has 0 saturated heterocycles. The molecule has 4 nitrogen and oxygen atoms in total. The Morgan fingerprint density at radius 3 is 2.57 bits per heavy atom.